The van der Waals surface area contributed by atoms with Gasteiger partial charge in [0.1, 0.15) is 0 Å². The average molecular weight is 229 g/mol. The molecule has 0 aliphatic rings. The molecule has 4 heteroatoms. The second-order valence-corrected chi connectivity index (χ2v) is 3.94. The molecule has 2 N–H and O–H groups in total. The van der Waals surface area contributed by atoms with E-state index in [2.05, 4.69) is 11.9 Å². The Morgan fingerprint density at radius 2 is 2.19 bits per heavy atom. The van der Waals surface area contributed by atoms with E-state index in [9.17, 15) is 4.79 Å². The highest BCUT2D eigenvalue weighted by molar-refractivity contribution is 5.91. The Balaban J connectivity index is 3.33. The van der Waals surface area contributed by atoms with Crippen molar-refractivity contribution in [1.82, 2.24) is 5.32 Å². The van der Waals surface area contributed by atoms with Gasteiger partial charge in [-0.15, -0.1) is 0 Å². The smallest absolute Gasteiger partial charge is 0.246 e. The highest BCUT2D eigenvalue weighted by Crippen LogP contribution is 2.03. The first-order chi connectivity index (χ1) is 7.57. The number of unbranched alkanes of at least 4 members (excludes halogenated alkanes) is 1. The minimum absolute atomic E-state index is 0.0685. The van der Waals surface area contributed by atoms with Crippen molar-refractivity contribution in [2.75, 3.05) is 19.8 Å². The molecule has 0 rings (SSSR count). The quantitative estimate of drug-likeness (QED) is 0.462. The Bertz CT molecular complexity index is 216. The van der Waals surface area contributed by atoms with Crippen LogP contribution in [0.15, 0.2) is 12.2 Å². The molecule has 0 radical (unpaired) electrons. The molecule has 4 nitrogen and oxygen atoms in total. The maximum Gasteiger partial charge on any atom is 0.246 e. The lowest BCUT2D eigenvalue weighted by Crippen LogP contribution is -2.24. The first-order valence-electron chi connectivity index (χ1n) is 5.74. The van der Waals surface area contributed by atoms with Crippen LogP contribution in [-0.4, -0.2) is 36.9 Å². The summed E-state index contributed by atoms with van der Waals surface area (Å²) < 4.78 is 5.31. The summed E-state index contributed by atoms with van der Waals surface area (Å²) in [5.74, 6) is -0.0791. The number of aliphatic hydroxyl groups is 1. The van der Waals surface area contributed by atoms with Crippen molar-refractivity contribution in [3.05, 3.63) is 12.2 Å². The molecular formula is C12H23NO3. The fourth-order valence-electron chi connectivity index (χ4n) is 1.25. The first-order valence-corrected chi connectivity index (χ1v) is 5.74. The molecule has 1 unspecified atom stereocenters. The van der Waals surface area contributed by atoms with Gasteiger partial charge in [-0.25, -0.2) is 0 Å². The van der Waals surface area contributed by atoms with Crippen LogP contribution in [0.5, 0.6) is 0 Å². The average Bonchev–Trinajstić information content (AvgIpc) is 2.25. The molecule has 94 valence electrons. The predicted molar refractivity (Wildman–Crippen MR) is 64.2 cm³/mol. The molecule has 0 fully saturated rings. The van der Waals surface area contributed by atoms with Gasteiger partial charge in [-0.1, -0.05) is 6.58 Å². The van der Waals surface area contributed by atoms with Gasteiger partial charge in [0.05, 0.1) is 19.3 Å². The molecule has 0 aliphatic carbocycles. The second kappa shape index (κ2) is 9.36. The van der Waals surface area contributed by atoms with Crippen molar-refractivity contribution < 1.29 is 14.6 Å². The van der Waals surface area contributed by atoms with Gasteiger partial charge in [-0.3, -0.25) is 4.79 Å². The number of hydrogen-bond donors (Lipinski definition) is 2. The minimum atomic E-state index is -0.0791. The van der Waals surface area contributed by atoms with Crippen LogP contribution < -0.4 is 5.32 Å². The van der Waals surface area contributed by atoms with Crippen LogP contribution >= 0.6 is 0 Å². The highest BCUT2D eigenvalue weighted by atomic mass is 16.5. The van der Waals surface area contributed by atoms with Gasteiger partial charge < -0.3 is 15.2 Å². The summed E-state index contributed by atoms with van der Waals surface area (Å²) in [6.45, 7) is 8.39. The van der Waals surface area contributed by atoms with E-state index in [1.165, 1.54) is 0 Å². The van der Waals surface area contributed by atoms with Crippen LogP contribution in [0.2, 0.25) is 0 Å². The van der Waals surface area contributed by atoms with Gasteiger partial charge in [0, 0.05) is 12.1 Å². The molecule has 0 saturated carbocycles. The Labute approximate surface area is 97.7 Å². The molecule has 0 aromatic carbocycles. The van der Waals surface area contributed by atoms with Crippen LogP contribution in [0.25, 0.3) is 0 Å². The fraction of sp³-hybridized carbons (Fsp3) is 0.750. The molecule has 0 spiro atoms. The molecule has 0 aromatic rings. The molecular weight excluding hydrogens is 206 g/mol. The zero-order valence-electron chi connectivity index (χ0n) is 10.3. The standard InChI is InChI=1S/C12H23NO3/c1-10(2)12(15)13-7-5-4-6-11(3)16-9-8-14/h11,14H,1,4-9H2,2-3H3,(H,13,15). The SMILES string of the molecule is C=C(C)C(=O)NCCCCC(C)OCCO. The van der Waals surface area contributed by atoms with Crippen molar-refractivity contribution in [3.8, 4) is 0 Å². The van der Waals surface area contributed by atoms with E-state index >= 15 is 0 Å². The monoisotopic (exact) mass is 229 g/mol. The van der Waals surface area contributed by atoms with Crippen molar-refractivity contribution in [2.45, 2.75) is 39.2 Å². The zero-order chi connectivity index (χ0) is 12.4. The summed E-state index contributed by atoms with van der Waals surface area (Å²) in [6, 6.07) is 0. The maximum atomic E-state index is 11.1. The van der Waals surface area contributed by atoms with Crippen molar-refractivity contribution >= 4 is 5.91 Å². The van der Waals surface area contributed by atoms with Gasteiger partial charge in [-0.05, 0) is 33.1 Å². The summed E-state index contributed by atoms with van der Waals surface area (Å²) in [5, 5.41) is 11.3. The lowest BCUT2D eigenvalue weighted by atomic mass is 10.1. The van der Waals surface area contributed by atoms with Crippen molar-refractivity contribution in [1.29, 1.82) is 0 Å². The van der Waals surface area contributed by atoms with Gasteiger partial charge >= 0.3 is 0 Å². The number of rotatable bonds is 9. The third-order valence-electron chi connectivity index (χ3n) is 2.20. The Hall–Kier alpha value is -0.870. The molecule has 0 saturated heterocycles. The lowest BCUT2D eigenvalue weighted by molar-refractivity contribution is -0.117. The number of amides is 1. The van der Waals surface area contributed by atoms with Gasteiger partial charge in [0.15, 0.2) is 0 Å². The molecule has 0 aromatic heterocycles. The van der Waals surface area contributed by atoms with Crippen molar-refractivity contribution in [3.63, 3.8) is 0 Å². The fourth-order valence-corrected chi connectivity index (χ4v) is 1.25. The van der Waals surface area contributed by atoms with Crippen LogP contribution in [0.3, 0.4) is 0 Å². The molecule has 0 bridgehead atoms. The molecule has 1 atom stereocenters. The molecule has 0 heterocycles. The van der Waals surface area contributed by atoms with Crippen LogP contribution in [0, 0.1) is 0 Å². The van der Waals surface area contributed by atoms with Gasteiger partial charge in [-0.2, -0.15) is 0 Å². The maximum absolute atomic E-state index is 11.1. The normalized spacial score (nSPS) is 12.2. The summed E-state index contributed by atoms with van der Waals surface area (Å²) >= 11 is 0. The number of carbonyl (C=O) groups excluding carboxylic acids is 1. The number of carbonyl (C=O) groups is 1. The predicted octanol–water partition coefficient (Wildman–Crippen LogP) is 1.25. The van der Waals surface area contributed by atoms with E-state index in [0.29, 0.717) is 18.7 Å². The topological polar surface area (TPSA) is 58.6 Å². The Kier molecular flexibility index (Phi) is 8.85. The van der Waals surface area contributed by atoms with Crippen molar-refractivity contribution in [2.24, 2.45) is 0 Å². The zero-order valence-corrected chi connectivity index (χ0v) is 10.3. The van der Waals surface area contributed by atoms with E-state index in [1.54, 1.807) is 6.92 Å². The van der Waals surface area contributed by atoms with E-state index in [0.717, 1.165) is 19.3 Å². The lowest BCUT2D eigenvalue weighted by Gasteiger charge is -2.11. The van der Waals surface area contributed by atoms with E-state index in [4.69, 9.17) is 9.84 Å². The third-order valence-corrected chi connectivity index (χ3v) is 2.20. The molecule has 0 aliphatic heterocycles. The van der Waals surface area contributed by atoms with Gasteiger partial charge in [0.2, 0.25) is 5.91 Å². The van der Waals surface area contributed by atoms with Crippen LogP contribution in [-0.2, 0) is 9.53 Å². The highest BCUT2D eigenvalue weighted by Gasteiger charge is 2.02. The van der Waals surface area contributed by atoms with E-state index < -0.39 is 0 Å². The summed E-state index contributed by atoms with van der Waals surface area (Å²) in [4.78, 5) is 11.1. The summed E-state index contributed by atoms with van der Waals surface area (Å²) in [7, 11) is 0. The Morgan fingerprint density at radius 1 is 1.50 bits per heavy atom. The summed E-state index contributed by atoms with van der Waals surface area (Å²) in [6.07, 6.45) is 3.06. The van der Waals surface area contributed by atoms with Crippen LogP contribution in [0.1, 0.15) is 33.1 Å². The van der Waals surface area contributed by atoms with E-state index in [1.807, 2.05) is 6.92 Å². The summed E-state index contributed by atoms with van der Waals surface area (Å²) in [5.41, 5.74) is 0.541. The van der Waals surface area contributed by atoms with Gasteiger partial charge in [0.25, 0.3) is 0 Å². The number of nitrogens with one attached hydrogen (secondary N) is 1. The van der Waals surface area contributed by atoms with Crippen LogP contribution in [0.4, 0.5) is 0 Å². The number of aliphatic hydroxyl groups excluding tert-OH is 1. The number of ether oxygens (including phenoxy) is 1. The van der Waals surface area contributed by atoms with E-state index in [-0.39, 0.29) is 18.6 Å². The second-order valence-electron chi connectivity index (χ2n) is 3.94. The largest absolute Gasteiger partial charge is 0.394 e. The first kappa shape index (κ1) is 15.1. The minimum Gasteiger partial charge on any atom is -0.394 e. The third kappa shape index (κ3) is 8.44. The number of hydrogen-bond acceptors (Lipinski definition) is 3. The molecule has 16 heavy (non-hydrogen) atoms. The Morgan fingerprint density at radius 3 is 2.75 bits per heavy atom. The molecule has 1 amide bonds.